The summed E-state index contributed by atoms with van der Waals surface area (Å²) >= 11 is 5.89. The first-order valence-corrected chi connectivity index (χ1v) is 10.6. The maximum absolute atomic E-state index is 12.2. The lowest BCUT2D eigenvalue weighted by atomic mass is 9.91. The van der Waals surface area contributed by atoms with Crippen molar-refractivity contribution in [1.82, 2.24) is 5.43 Å². The van der Waals surface area contributed by atoms with Crippen LogP contribution in [0.4, 0.5) is 29.3 Å². The number of hydrogen-bond acceptors (Lipinski definition) is 4. The molecule has 0 aliphatic carbocycles. The Bertz CT molecular complexity index is 1170. The normalized spacial score (nSPS) is 14.8. The third-order valence-electron chi connectivity index (χ3n) is 5.07. The highest BCUT2D eigenvalue weighted by Gasteiger charge is 2.30. The monoisotopic (exact) mass is 490 g/mol. The molecule has 0 bridgehead atoms. The number of hydrogen-bond donors (Lipinski definition) is 4. The van der Waals surface area contributed by atoms with E-state index in [9.17, 15) is 22.8 Å². The SMILES string of the molecule is Cc1ccc2c(c1)C(=O)CC(c1ccc(Cl)cc1)N2.NNC(=O)Nc1ccc(C(F)(F)F)cc1. The van der Waals surface area contributed by atoms with Crippen molar-refractivity contribution in [1.29, 1.82) is 0 Å². The molecule has 0 saturated carbocycles. The summed E-state index contributed by atoms with van der Waals surface area (Å²) in [5.74, 6) is 4.97. The lowest BCUT2D eigenvalue weighted by molar-refractivity contribution is -0.137. The van der Waals surface area contributed by atoms with Gasteiger partial charge >= 0.3 is 12.2 Å². The minimum Gasteiger partial charge on any atom is -0.377 e. The van der Waals surface area contributed by atoms with Gasteiger partial charge in [0.2, 0.25) is 0 Å². The van der Waals surface area contributed by atoms with E-state index in [1.165, 1.54) is 0 Å². The number of alkyl halides is 3. The molecule has 10 heteroatoms. The third kappa shape index (κ3) is 6.49. The average Bonchev–Trinajstić information content (AvgIpc) is 2.80. The number of halogens is 4. The van der Waals surface area contributed by atoms with E-state index < -0.39 is 17.8 Å². The van der Waals surface area contributed by atoms with Crippen LogP contribution in [0, 0.1) is 6.92 Å². The zero-order chi connectivity index (χ0) is 24.9. The van der Waals surface area contributed by atoms with Crippen LogP contribution in [-0.4, -0.2) is 11.8 Å². The fraction of sp³-hybridized carbons (Fsp3) is 0.167. The molecule has 3 aromatic carbocycles. The van der Waals surface area contributed by atoms with E-state index in [2.05, 4.69) is 10.6 Å². The minimum atomic E-state index is -4.38. The lowest BCUT2D eigenvalue weighted by Crippen LogP contribution is -2.34. The maximum Gasteiger partial charge on any atom is 0.416 e. The number of carbonyl (C=O) groups excluding carboxylic acids is 2. The number of Topliss-reactive ketones (excluding diaryl/α,β-unsaturated/α-hetero) is 1. The Morgan fingerprint density at radius 2 is 1.71 bits per heavy atom. The van der Waals surface area contributed by atoms with Gasteiger partial charge in [0.1, 0.15) is 0 Å². The number of amides is 2. The second-order valence-corrected chi connectivity index (χ2v) is 8.03. The summed E-state index contributed by atoms with van der Waals surface area (Å²) < 4.78 is 36.4. The molecule has 6 nitrogen and oxygen atoms in total. The average molecular weight is 491 g/mol. The van der Waals surface area contributed by atoms with Crippen molar-refractivity contribution in [3.8, 4) is 0 Å². The van der Waals surface area contributed by atoms with E-state index >= 15 is 0 Å². The van der Waals surface area contributed by atoms with Crippen LogP contribution >= 0.6 is 11.6 Å². The number of rotatable bonds is 2. The number of fused-ring (bicyclic) bond motifs is 1. The summed E-state index contributed by atoms with van der Waals surface area (Å²) in [6, 6.07) is 16.9. The van der Waals surface area contributed by atoms with Crippen LogP contribution in [0.5, 0.6) is 0 Å². The van der Waals surface area contributed by atoms with Crippen LogP contribution in [0.1, 0.15) is 39.5 Å². The van der Waals surface area contributed by atoms with Gasteiger partial charge in [0.25, 0.3) is 0 Å². The summed E-state index contributed by atoms with van der Waals surface area (Å²) in [6.45, 7) is 2.00. The van der Waals surface area contributed by atoms with Gasteiger partial charge in [-0.1, -0.05) is 35.4 Å². The Kier molecular flexibility index (Phi) is 7.80. The zero-order valence-electron chi connectivity index (χ0n) is 18.0. The van der Waals surface area contributed by atoms with Gasteiger partial charge in [-0.2, -0.15) is 13.2 Å². The van der Waals surface area contributed by atoms with Gasteiger partial charge in [0.05, 0.1) is 11.6 Å². The van der Waals surface area contributed by atoms with E-state index in [-0.39, 0.29) is 17.5 Å². The predicted molar refractivity (Wildman–Crippen MR) is 126 cm³/mol. The van der Waals surface area contributed by atoms with Crippen molar-refractivity contribution >= 4 is 34.8 Å². The van der Waals surface area contributed by atoms with Crippen molar-refractivity contribution in [2.24, 2.45) is 5.84 Å². The number of benzene rings is 3. The van der Waals surface area contributed by atoms with Crippen LogP contribution in [0.25, 0.3) is 0 Å². The van der Waals surface area contributed by atoms with Crippen LogP contribution < -0.4 is 21.9 Å². The summed E-state index contributed by atoms with van der Waals surface area (Å²) in [7, 11) is 0. The van der Waals surface area contributed by atoms with Crippen LogP contribution in [-0.2, 0) is 6.18 Å². The topological polar surface area (TPSA) is 96.2 Å². The predicted octanol–water partition coefficient (Wildman–Crippen LogP) is 6.09. The molecule has 1 aliphatic rings. The molecule has 1 atom stereocenters. The summed E-state index contributed by atoms with van der Waals surface area (Å²) in [5.41, 5.74) is 5.15. The van der Waals surface area contributed by atoms with E-state index in [4.69, 9.17) is 17.4 Å². The molecule has 5 N–H and O–H groups in total. The highest BCUT2D eigenvalue weighted by atomic mass is 35.5. The number of nitrogens with one attached hydrogen (secondary N) is 3. The molecule has 2 amide bonds. The quantitative estimate of drug-likeness (QED) is 0.198. The van der Waals surface area contributed by atoms with E-state index in [1.54, 1.807) is 5.43 Å². The number of carbonyl (C=O) groups is 2. The van der Waals surface area contributed by atoms with Gasteiger partial charge in [0, 0.05) is 28.4 Å². The van der Waals surface area contributed by atoms with Crippen molar-refractivity contribution in [3.63, 3.8) is 0 Å². The highest BCUT2D eigenvalue weighted by Crippen LogP contribution is 2.33. The van der Waals surface area contributed by atoms with E-state index in [0.29, 0.717) is 11.4 Å². The molecule has 1 unspecified atom stereocenters. The Labute approximate surface area is 199 Å². The molecule has 0 aromatic heterocycles. The summed E-state index contributed by atoms with van der Waals surface area (Å²) in [4.78, 5) is 22.9. The molecule has 0 spiro atoms. The number of nitrogens with two attached hydrogens (primary N) is 1. The molecule has 3 aromatic rings. The summed E-state index contributed by atoms with van der Waals surface area (Å²) in [5, 5.41) is 6.36. The summed E-state index contributed by atoms with van der Waals surface area (Å²) in [6.07, 6.45) is -3.90. The second-order valence-electron chi connectivity index (χ2n) is 7.60. The molecule has 0 saturated heterocycles. The number of urea groups is 1. The molecule has 1 aliphatic heterocycles. The van der Waals surface area contributed by atoms with Crippen molar-refractivity contribution in [2.75, 3.05) is 10.6 Å². The number of hydrazine groups is 1. The van der Waals surface area contributed by atoms with Gasteiger partial charge in [-0.05, 0) is 61.0 Å². The molecule has 0 radical (unpaired) electrons. The van der Waals surface area contributed by atoms with Crippen LogP contribution in [0.15, 0.2) is 66.7 Å². The Balaban J connectivity index is 0.000000197. The fourth-order valence-corrected chi connectivity index (χ4v) is 3.48. The number of aryl methyl sites for hydroxylation is 1. The van der Waals surface area contributed by atoms with Crippen molar-refractivity contribution in [3.05, 3.63) is 94.0 Å². The van der Waals surface area contributed by atoms with Gasteiger partial charge in [-0.15, -0.1) is 0 Å². The third-order valence-corrected chi connectivity index (χ3v) is 5.32. The van der Waals surface area contributed by atoms with Gasteiger partial charge in [-0.3, -0.25) is 10.2 Å². The zero-order valence-corrected chi connectivity index (χ0v) is 18.8. The Morgan fingerprint density at radius 1 is 1.06 bits per heavy atom. The van der Waals surface area contributed by atoms with Crippen LogP contribution in [0.2, 0.25) is 5.02 Å². The Hall–Kier alpha value is -3.56. The number of anilines is 2. The van der Waals surface area contributed by atoms with Gasteiger partial charge in [0.15, 0.2) is 5.78 Å². The minimum absolute atomic E-state index is 0.0278. The van der Waals surface area contributed by atoms with E-state index in [0.717, 1.165) is 46.6 Å². The molecule has 4 rings (SSSR count). The first-order valence-electron chi connectivity index (χ1n) is 10.2. The van der Waals surface area contributed by atoms with Crippen molar-refractivity contribution < 1.29 is 22.8 Å². The smallest absolute Gasteiger partial charge is 0.377 e. The fourth-order valence-electron chi connectivity index (χ4n) is 3.35. The lowest BCUT2D eigenvalue weighted by Gasteiger charge is -2.26. The largest absolute Gasteiger partial charge is 0.416 e. The van der Waals surface area contributed by atoms with E-state index in [1.807, 2.05) is 49.4 Å². The molecular formula is C24H22ClF3N4O2. The molecular weight excluding hydrogens is 469 g/mol. The van der Waals surface area contributed by atoms with Crippen LogP contribution in [0.3, 0.4) is 0 Å². The Morgan fingerprint density at radius 3 is 2.29 bits per heavy atom. The molecule has 178 valence electrons. The molecule has 0 fully saturated rings. The first kappa shape index (κ1) is 25.1. The van der Waals surface area contributed by atoms with Gasteiger partial charge < -0.3 is 10.6 Å². The van der Waals surface area contributed by atoms with Crippen molar-refractivity contribution in [2.45, 2.75) is 25.6 Å². The highest BCUT2D eigenvalue weighted by molar-refractivity contribution is 6.30. The first-order chi connectivity index (χ1) is 16.1. The van der Waals surface area contributed by atoms with Gasteiger partial charge in [-0.25, -0.2) is 10.6 Å². The second kappa shape index (κ2) is 10.6. The number of ketones is 1. The molecule has 1 heterocycles. The molecule has 34 heavy (non-hydrogen) atoms. The maximum atomic E-state index is 12.2. The standard InChI is InChI=1S/C16H14ClNO.C8H8F3N3O/c1-10-2-7-14-13(8-10)16(19)9-15(18-14)11-3-5-12(17)6-4-11;9-8(10,11)5-1-3-6(4-2-5)13-7(15)14-12/h2-8,15,18H,9H2,1H3;1-4H,12H2,(H2,13,14,15).